The summed E-state index contributed by atoms with van der Waals surface area (Å²) in [6, 6.07) is 14.2. The fourth-order valence-electron chi connectivity index (χ4n) is 2.28. The van der Waals surface area contributed by atoms with Gasteiger partial charge in [-0.05, 0) is 49.0 Å². The lowest BCUT2D eigenvalue weighted by atomic mass is 10.2. The Kier molecular flexibility index (Phi) is 7.91. The molecule has 0 fully saturated rings. The maximum Gasteiger partial charge on any atom is 0.276 e. The third-order valence-corrected chi connectivity index (χ3v) is 3.78. The standard InChI is InChI=1S/C19H22ClN3O4/c1-23(11-14-4-3-5-17(10-14)26-2)12-18(24)21-22-19(25)13-27-16-8-6-15(20)7-9-16/h3-10H,11-13H2,1-2H3,(H,21,24)(H,22,25). The van der Waals surface area contributed by atoms with Crippen molar-refractivity contribution in [3.63, 3.8) is 0 Å². The van der Waals surface area contributed by atoms with E-state index < -0.39 is 5.91 Å². The molecule has 2 aromatic rings. The zero-order valence-electron chi connectivity index (χ0n) is 15.2. The molecule has 8 heteroatoms. The fourth-order valence-corrected chi connectivity index (χ4v) is 2.40. The van der Waals surface area contributed by atoms with Gasteiger partial charge in [-0.2, -0.15) is 0 Å². The highest BCUT2D eigenvalue weighted by atomic mass is 35.5. The van der Waals surface area contributed by atoms with Crippen LogP contribution in [-0.4, -0.2) is 44.0 Å². The number of carbonyl (C=O) groups excluding carboxylic acids is 2. The van der Waals surface area contributed by atoms with Crippen LogP contribution in [0.3, 0.4) is 0 Å². The first-order valence-corrected chi connectivity index (χ1v) is 8.61. The maximum atomic E-state index is 11.9. The highest BCUT2D eigenvalue weighted by molar-refractivity contribution is 6.30. The van der Waals surface area contributed by atoms with Crippen molar-refractivity contribution in [2.45, 2.75) is 6.54 Å². The van der Waals surface area contributed by atoms with Gasteiger partial charge in [0.15, 0.2) is 6.61 Å². The van der Waals surface area contributed by atoms with Gasteiger partial charge in [-0.15, -0.1) is 0 Å². The summed E-state index contributed by atoms with van der Waals surface area (Å²) >= 11 is 5.77. The van der Waals surface area contributed by atoms with Gasteiger partial charge >= 0.3 is 0 Å². The SMILES string of the molecule is COc1cccc(CN(C)CC(=O)NNC(=O)COc2ccc(Cl)cc2)c1. The molecular weight excluding hydrogens is 370 g/mol. The van der Waals surface area contributed by atoms with Crippen LogP contribution in [0.15, 0.2) is 48.5 Å². The van der Waals surface area contributed by atoms with Crippen LogP contribution in [0, 0.1) is 0 Å². The first kappa shape index (κ1) is 20.5. The number of methoxy groups -OCH3 is 1. The van der Waals surface area contributed by atoms with Crippen molar-refractivity contribution in [2.24, 2.45) is 0 Å². The van der Waals surface area contributed by atoms with Crippen LogP contribution in [0.5, 0.6) is 11.5 Å². The number of halogens is 1. The highest BCUT2D eigenvalue weighted by Gasteiger charge is 2.09. The lowest BCUT2D eigenvalue weighted by Crippen LogP contribution is -2.47. The summed E-state index contributed by atoms with van der Waals surface area (Å²) in [7, 11) is 3.42. The Labute approximate surface area is 163 Å². The zero-order chi connectivity index (χ0) is 19.6. The summed E-state index contributed by atoms with van der Waals surface area (Å²) in [5, 5.41) is 0.581. The van der Waals surface area contributed by atoms with Crippen LogP contribution < -0.4 is 20.3 Å². The predicted octanol–water partition coefficient (Wildman–Crippen LogP) is 2.01. The van der Waals surface area contributed by atoms with Crippen LogP contribution >= 0.6 is 11.6 Å². The smallest absolute Gasteiger partial charge is 0.276 e. The number of hydrogen-bond acceptors (Lipinski definition) is 5. The summed E-state index contributed by atoms with van der Waals surface area (Å²) in [6.07, 6.45) is 0. The van der Waals surface area contributed by atoms with Crippen molar-refractivity contribution >= 4 is 23.4 Å². The molecule has 0 bridgehead atoms. The van der Waals surface area contributed by atoms with Crippen molar-refractivity contribution in [3.05, 3.63) is 59.1 Å². The molecule has 2 amide bonds. The molecule has 0 saturated heterocycles. The van der Waals surface area contributed by atoms with E-state index >= 15 is 0 Å². The van der Waals surface area contributed by atoms with Gasteiger partial charge in [0.05, 0.1) is 13.7 Å². The molecular formula is C19H22ClN3O4. The number of hydrogen-bond donors (Lipinski definition) is 2. The van der Waals surface area contributed by atoms with Gasteiger partial charge in [-0.3, -0.25) is 25.3 Å². The number of rotatable bonds is 8. The van der Waals surface area contributed by atoms with Crippen LogP contribution in [-0.2, 0) is 16.1 Å². The van der Waals surface area contributed by atoms with E-state index in [0.29, 0.717) is 17.3 Å². The van der Waals surface area contributed by atoms with E-state index in [4.69, 9.17) is 21.1 Å². The molecule has 0 aliphatic carbocycles. The molecule has 0 atom stereocenters. The van der Waals surface area contributed by atoms with Crippen molar-refractivity contribution in [1.29, 1.82) is 0 Å². The molecule has 0 unspecified atom stereocenters. The van der Waals surface area contributed by atoms with Gasteiger partial charge in [-0.25, -0.2) is 0 Å². The third kappa shape index (κ3) is 7.55. The van der Waals surface area contributed by atoms with Crippen LogP contribution in [0.1, 0.15) is 5.56 Å². The Balaban J connectivity index is 1.68. The number of hydrazine groups is 1. The van der Waals surface area contributed by atoms with E-state index in [1.807, 2.05) is 36.2 Å². The topological polar surface area (TPSA) is 79.9 Å². The lowest BCUT2D eigenvalue weighted by Gasteiger charge is -2.17. The first-order valence-electron chi connectivity index (χ1n) is 8.24. The molecule has 27 heavy (non-hydrogen) atoms. The Morgan fingerprint density at radius 1 is 1.04 bits per heavy atom. The second-order valence-corrected chi connectivity index (χ2v) is 6.30. The van der Waals surface area contributed by atoms with E-state index in [1.165, 1.54) is 0 Å². The van der Waals surface area contributed by atoms with E-state index in [1.54, 1.807) is 31.4 Å². The molecule has 0 spiro atoms. The Morgan fingerprint density at radius 3 is 2.44 bits per heavy atom. The molecule has 0 aromatic heterocycles. The molecule has 0 saturated carbocycles. The largest absolute Gasteiger partial charge is 0.497 e. The minimum absolute atomic E-state index is 0.121. The van der Waals surface area contributed by atoms with Crippen molar-refractivity contribution in [3.8, 4) is 11.5 Å². The van der Waals surface area contributed by atoms with Gasteiger partial charge in [0, 0.05) is 11.6 Å². The Hall–Kier alpha value is -2.77. The van der Waals surface area contributed by atoms with Gasteiger partial charge in [0.2, 0.25) is 0 Å². The van der Waals surface area contributed by atoms with E-state index in [0.717, 1.165) is 11.3 Å². The Morgan fingerprint density at radius 2 is 1.74 bits per heavy atom. The molecule has 7 nitrogen and oxygen atoms in total. The van der Waals surface area contributed by atoms with Gasteiger partial charge in [0.25, 0.3) is 11.8 Å². The van der Waals surface area contributed by atoms with E-state index in [2.05, 4.69) is 10.9 Å². The molecule has 0 aliphatic rings. The monoisotopic (exact) mass is 391 g/mol. The normalized spacial score (nSPS) is 10.4. The minimum Gasteiger partial charge on any atom is -0.497 e. The quantitative estimate of drug-likeness (QED) is 0.673. The zero-order valence-corrected chi connectivity index (χ0v) is 16.0. The predicted molar refractivity (Wildman–Crippen MR) is 103 cm³/mol. The van der Waals surface area contributed by atoms with Gasteiger partial charge in [0.1, 0.15) is 11.5 Å². The Bertz CT molecular complexity index is 768. The molecule has 144 valence electrons. The van der Waals surface area contributed by atoms with Crippen molar-refractivity contribution in [1.82, 2.24) is 15.8 Å². The number of nitrogens with zero attached hydrogens (tertiary/aromatic N) is 1. The van der Waals surface area contributed by atoms with Crippen molar-refractivity contribution in [2.75, 3.05) is 27.3 Å². The van der Waals surface area contributed by atoms with Gasteiger partial charge in [-0.1, -0.05) is 23.7 Å². The molecule has 0 heterocycles. The van der Waals surface area contributed by atoms with Crippen LogP contribution in [0.25, 0.3) is 0 Å². The average molecular weight is 392 g/mol. The summed E-state index contributed by atoms with van der Waals surface area (Å²) in [4.78, 5) is 25.5. The molecule has 0 aliphatic heterocycles. The number of nitrogens with one attached hydrogen (secondary N) is 2. The van der Waals surface area contributed by atoms with Crippen LogP contribution in [0.4, 0.5) is 0 Å². The van der Waals surface area contributed by atoms with Crippen molar-refractivity contribution < 1.29 is 19.1 Å². The highest BCUT2D eigenvalue weighted by Crippen LogP contribution is 2.15. The minimum atomic E-state index is -0.464. The fraction of sp³-hybridized carbons (Fsp3) is 0.263. The van der Waals surface area contributed by atoms with E-state index in [-0.39, 0.29) is 19.1 Å². The van der Waals surface area contributed by atoms with Gasteiger partial charge < -0.3 is 9.47 Å². The second kappa shape index (κ2) is 10.4. The second-order valence-electron chi connectivity index (χ2n) is 5.86. The average Bonchev–Trinajstić information content (AvgIpc) is 2.66. The molecule has 2 N–H and O–H groups in total. The number of benzene rings is 2. The third-order valence-electron chi connectivity index (χ3n) is 3.53. The van der Waals surface area contributed by atoms with Crippen LogP contribution in [0.2, 0.25) is 5.02 Å². The first-order chi connectivity index (χ1) is 13.0. The maximum absolute atomic E-state index is 11.9. The summed E-state index contributed by atoms with van der Waals surface area (Å²) in [5.41, 5.74) is 5.70. The number of likely N-dealkylation sites (N-methyl/N-ethyl adjacent to an activating group) is 1. The van der Waals surface area contributed by atoms with E-state index in [9.17, 15) is 9.59 Å². The molecule has 2 rings (SSSR count). The molecule has 0 radical (unpaired) electrons. The summed E-state index contributed by atoms with van der Waals surface area (Å²) in [6.45, 7) is 0.468. The molecule has 2 aromatic carbocycles. The number of ether oxygens (including phenoxy) is 2. The number of amides is 2. The summed E-state index contributed by atoms with van der Waals surface area (Å²) in [5.74, 6) is 0.478. The number of carbonyl (C=O) groups is 2. The summed E-state index contributed by atoms with van der Waals surface area (Å²) < 4.78 is 10.5. The lowest BCUT2D eigenvalue weighted by molar-refractivity contribution is -0.130.